The summed E-state index contributed by atoms with van der Waals surface area (Å²) in [6, 6.07) is 8.10. The van der Waals surface area contributed by atoms with Crippen LogP contribution in [0, 0.1) is 13.8 Å². The Bertz CT molecular complexity index is 519. The highest BCUT2D eigenvalue weighted by Gasteiger charge is 2.17. The summed E-state index contributed by atoms with van der Waals surface area (Å²) < 4.78 is 5.54. The Balaban J connectivity index is 2.42. The molecule has 1 N–H and O–H groups in total. The first-order valence-corrected chi connectivity index (χ1v) is 5.98. The van der Waals surface area contributed by atoms with Crippen molar-refractivity contribution in [3.63, 3.8) is 0 Å². The molecule has 1 unspecified atom stereocenters. The molecule has 2 nitrogen and oxygen atoms in total. The van der Waals surface area contributed by atoms with Gasteiger partial charge in [0.2, 0.25) is 0 Å². The molecule has 0 aliphatic heterocycles. The van der Waals surface area contributed by atoms with Crippen LogP contribution >= 0.6 is 11.6 Å². The second kappa shape index (κ2) is 4.94. The fourth-order valence-corrected chi connectivity index (χ4v) is 2.11. The van der Waals surface area contributed by atoms with Crippen LogP contribution in [-0.2, 0) is 0 Å². The predicted octanol–water partition coefficient (Wildman–Crippen LogP) is 3.86. The molecule has 2 aromatic rings. The van der Waals surface area contributed by atoms with E-state index in [1.807, 2.05) is 39.1 Å². The Morgan fingerprint density at radius 2 is 1.94 bits per heavy atom. The molecule has 0 aliphatic carbocycles. The Morgan fingerprint density at radius 1 is 1.18 bits per heavy atom. The summed E-state index contributed by atoms with van der Waals surface area (Å²) in [5, 5.41) is 4.04. The van der Waals surface area contributed by atoms with Gasteiger partial charge in [-0.3, -0.25) is 0 Å². The SMILES string of the molecule is CNC(c1ccc(C)c(Cl)c1)c1occc1C. The van der Waals surface area contributed by atoms with E-state index in [-0.39, 0.29) is 6.04 Å². The smallest absolute Gasteiger partial charge is 0.128 e. The molecular weight excluding hydrogens is 234 g/mol. The summed E-state index contributed by atoms with van der Waals surface area (Å²) in [6.07, 6.45) is 1.71. The average Bonchev–Trinajstić information content (AvgIpc) is 2.71. The van der Waals surface area contributed by atoms with Crippen molar-refractivity contribution in [3.05, 3.63) is 58.0 Å². The maximum absolute atomic E-state index is 6.16. The molecule has 1 aromatic heterocycles. The fourth-order valence-electron chi connectivity index (χ4n) is 1.92. The Morgan fingerprint density at radius 3 is 2.47 bits per heavy atom. The summed E-state index contributed by atoms with van der Waals surface area (Å²) in [7, 11) is 1.92. The number of benzene rings is 1. The molecular formula is C14H16ClNO. The van der Waals surface area contributed by atoms with Crippen molar-refractivity contribution in [3.8, 4) is 0 Å². The molecule has 0 bridgehead atoms. The molecule has 1 atom stereocenters. The molecule has 0 fully saturated rings. The van der Waals surface area contributed by atoms with Gasteiger partial charge >= 0.3 is 0 Å². The van der Waals surface area contributed by atoms with E-state index in [1.165, 1.54) is 0 Å². The van der Waals surface area contributed by atoms with Crippen molar-refractivity contribution >= 4 is 11.6 Å². The summed E-state index contributed by atoms with van der Waals surface area (Å²) in [6.45, 7) is 4.04. The Kier molecular flexibility index (Phi) is 3.55. The fraction of sp³-hybridized carbons (Fsp3) is 0.286. The topological polar surface area (TPSA) is 25.2 Å². The number of halogens is 1. The van der Waals surface area contributed by atoms with E-state index in [1.54, 1.807) is 6.26 Å². The van der Waals surface area contributed by atoms with Crippen molar-refractivity contribution in [2.45, 2.75) is 19.9 Å². The normalized spacial score (nSPS) is 12.7. The van der Waals surface area contributed by atoms with Crippen LogP contribution in [0.25, 0.3) is 0 Å². The van der Waals surface area contributed by atoms with Gasteiger partial charge in [-0.25, -0.2) is 0 Å². The van der Waals surface area contributed by atoms with Gasteiger partial charge in [-0.05, 0) is 49.7 Å². The summed E-state index contributed by atoms with van der Waals surface area (Å²) in [4.78, 5) is 0. The van der Waals surface area contributed by atoms with E-state index in [0.29, 0.717) is 0 Å². The third kappa shape index (κ3) is 2.38. The van der Waals surface area contributed by atoms with Gasteiger partial charge < -0.3 is 9.73 Å². The average molecular weight is 250 g/mol. The number of nitrogens with one attached hydrogen (secondary N) is 1. The summed E-state index contributed by atoms with van der Waals surface area (Å²) in [5.41, 5.74) is 3.34. The maximum atomic E-state index is 6.16. The predicted molar refractivity (Wildman–Crippen MR) is 70.5 cm³/mol. The molecule has 1 aromatic carbocycles. The lowest BCUT2D eigenvalue weighted by molar-refractivity contribution is 0.460. The zero-order valence-corrected chi connectivity index (χ0v) is 11.0. The van der Waals surface area contributed by atoms with Gasteiger partial charge in [0.25, 0.3) is 0 Å². The quantitative estimate of drug-likeness (QED) is 0.894. The Hall–Kier alpha value is -1.25. The first-order chi connectivity index (χ1) is 8.13. The van der Waals surface area contributed by atoms with E-state index in [4.69, 9.17) is 16.0 Å². The zero-order valence-electron chi connectivity index (χ0n) is 10.3. The molecule has 0 aliphatic rings. The van der Waals surface area contributed by atoms with E-state index >= 15 is 0 Å². The van der Waals surface area contributed by atoms with Crippen molar-refractivity contribution in [1.29, 1.82) is 0 Å². The number of hydrogen-bond acceptors (Lipinski definition) is 2. The van der Waals surface area contributed by atoms with Crippen molar-refractivity contribution in [1.82, 2.24) is 5.32 Å². The van der Waals surface area contributed by atoms with Gasteiger partial charge in [0.1, 0.15) is 5.76 Å². The molecule has 0 spiro atoms. The molecule has 0 amide bonds. The van der Waals surface area contributed by atoms with Crippen LogP contribution in [0.2, 0.25) is 5.02 Å². The minimum Gasteiger partial charge on any atom is -0.467 e. The summed E-state index contributed by atoms with van der Waals surface area (Å²) in [5.74, 6) is 0.937. The van der Waals surface area contributed by atoms with E-state index < -0.39 is 0 Å². The molecule has 0 radical (unpaired) electrons. The lowest BCUT2D eigenvalue weighted by atomic mass is 10.0. The first-order valence-electron chi connectivity index (χ1n) is 5.60. The van der Waals surface area contributed by atoms with Crippen LogP contribution in [0.1, 0.15) is 28.5 Å². The first kappa shape index (κ1) is 12.2. The monoisotopic (exact) mass is 249 g/mol. The molecule has 0 saturated carbocycles. The third-order valence-electron chi connectivity index (χ3n) is 2.98. The van der Waals surface area contributed by atoms with Crippen LogP contribution in [0.4, 0.5) is 0 Å². The van der Waals surface area contributed by atoms with Crippen LogP contribution in [-0.4, -0.2) is 7.05 Å². The van der Waals surface area contributed by atoms with Gasteiger partial charge in [0.05, 0.1) is 12.3 Å². The molecule has 0 saturated heterocycles. The second-order valence-electron chi connectivity index (χ2n) is 4.20. The molecule has 2 rings (SSSR count). The number of aryl methyl sites for hydroxylation is 2. The van der Waals surface area contributed by atoms with Crippen LogP contribution < -0.4 is 5.32 Å². The maximum Gasteiger partial charge on any atom is 0.128 e. The minimum atomic E-state index is 0.0445. The zero-order chi connectivity index (χ0) is 12.4. The lowest BCUT2D eigenvalue weighted by Gasteiger charge is -2.16. The second-order valence-corrected chi connectivity index (χ2v) is 4.61. The highest BCUT2D eigenvalue weighted by atomic mass is 35.5. The number of rotatable bonds is 3. The van der Waals surface area contributed by atoms with Crippen LogP contribution in [0.3, 0.4) is 0 Å². The minimum absolute atomic E-state index is 0.0445. The van der Waals surface area contributed by atoms with Gasteiger partial charge in [-0.15, -0.1) is 0 Å². The number of hydrogen-bond donors (Lipinski definition) is 1. The van der Waals surface area contributed by atoms with Gasteiger partial charge in [0, 0.05) is 5.02 Å². The standard InChI is InChI=1S/C14H16ClNO/c1-9-4-5-11(8-12(9)15)13(16-3)14-10(2)6-7-17-14/h4-8,13,16H,1-3H3. The van der Waals surface area contributed by atoms with E-state index in [0.717, 1.165) is 27.5 Å². The molecule has 1 heterocycles. The Labute approximate surface area is 107 Å². The van der Waals surface area contributed by atoms with E-state index in [9.17, 15) is 0 Å². The highest BCUT2D eigenvalue weighted by Crippen LogP contribution is 2.28. The van der Waals surface area contributed by atoms with Crippen molar-refractivity contribution in [2.75, 3.05) is 7.05 Å². The third-order valence-corrected chi connectivity index (χ3v) is 3.39. The van der Waals surface area contributed by atoms with Crippen molar-refractivity contribution in [2.24, 2.45) is 0 Å². The van der Waals surface area contributed by atoms with Gasteiger partial charge in [0.15, 0.2) is 0 Å². The lowest BCUT2D eigenvalue weighted by Crippen LogP contribution is -2.17. The van der Waals surface area contributed by atoms with Gasteiger partial charge in [-0.1, -0.05) is 23.7 Å². The van der Waals surface area contributed by atoms with Crippen LogP contribution in [0.15, 0.2) is 34.9 Å². The highest BCUT2D eigenvalue weighted by molar-refractivity contribution is 6.31. The van der Waals surface area contributed by atoms with Crippen molar-refractivity contribution < 1.29 is 4.42 Å². The van der Waals surface area contributed by atoms with Gasteiger partial charge in [-0.2, -0.15) is 0 Å². The molecule has 3 heteroatoms. The van der Waals surface area contributed by atoms with Crippen LogP contribution in [0.5, 0.6) is 0 Å². The molecule has 90 valence electrons. The molecule has 17 heavy (non-hydrogen) atoms. The number of furan rings is 1. The van der Waals surface area contributed by atoms with E-state index in [2.05, 4.69) is 11.4 Å². The largest absolute Gasteiger partial charge is 0.467 e. The summed E-state index contributed by atoms with van der Waals surface area (Å²) >= 11 is 6.16.